The Labute approximate surface area is 143 Å². The number of halogens is 2. The van der Waals surface area contributed by atoms with E-state index in [0.29, 0.717) is 43.5 Å². The summed E-state index contributed by atoms with van der Waals surface area (Å²) in [5, 5.41) is 9.00. The van der Waals surface area contributed by atoms with Crippen LogP contribution in [0.15, 0.2) is 24.3 Å². The molecule has 1 aliphatic heterocycles. The lowest BCUT2D eigenvalue weighted by Crippen LogP contribution is -2.49. The van der Waals surface area contributed by atoms with Crippen molar-refractivity contribution in [3.05, 3.63) is 52.9 Å². The highest BCUT2D eigenvalue weighted by Gasteiger charge is 2.24. The van der Waals surface area contributed by atoms with Gasteiger partial charge in [-0.3, -0.25) is 4.79 Å². The third-order valence-electron chi connectivity index (χ3n) is 3.97. The number of hydrogen-bond donors (Lipinski definition) is 0. The maximum absolute atomic E-state index is 13.3. The molecule has 1 saturated heterocycles. The third-order valence-corrected chi connectivity index (χ3v) is 3.97. The Morgan fingerprint density at radius 3 is 2.48 bits per heavy atom. The smallest absolute Gasteiger partial charge is 0.254 e. The number of aromatic nitrogens is 2. The second kappa shape index (κ2) is 6.81. The zero-order chi connectivity index (χ0) is 18.0. The summed E-state index contributed by atoms with van der Waals surface area (Å²) >= 11 is 0. The predicted octanol–water partition coefficient (Wildman–Crippen LogP) is 1.90. The molecule has 0 aliphatic carbocycles. The molecule has 3 rings (SSSR count). The first-order valence-corrected chi connectivity index (χ1v) is 7.73. The summed E-state index contributed by atoms with van der Waals surface area (Å²) in [6.07, 6.45) is 0. The van der Waals surface area contributed by atoms with Gasteiger partial charge in [0.25, 0.3) is 5.91 Å². The molecule has 1 fully saturated rings. The molecule has 0 spiro atoms. The molecule has 0 saturated carbocycles. The highest BCUT2D eigenvalue weighted by atomic mass is 19.2. The van der Waals surface area contributed by atoms with E-state index in [4.69, 9.17) is 5.26 Å². The van der Waals surface area contributed by atoms with Crippen molar-refractivity contribution in [3.8, 4) is 6.07 Å². The maximum Gasteiger partial charge on any atom is 0.254 e. The molecule has 1 aliphatic rings. The molecule has 6 nitrogen and oxygen atoms in total. The number of carbonyl (C=O) groups is 1. The zero-order valence-corrected chi connectivity index (χ0v) is 13.5. The average Bonchev–Trinajstić information content (AvgIpc) is 2.63. The third kappa shape index (κ3) is 3.55. The van der Waals surface area contributed by atoms with Gasteiger partial charge < -0.3 is 9.80 Å². The topological polar surface area (TPSA) is 73.1 Å². The van der Waals surface area contributed by atoms with E-state index in [1.165, 1.54) is 6.07 Å². The molecule has 25 heavy (non-hydrogen) atoms. The van der Waals surface area contributed by atoms with Gasteiger partial charge in [0.15, 0.2) is 11.6 Å². The van der Waals surface area contributed by atoms with Crippen LogP contribution in [0.2, 0.25) is 0 Å². The van der Waals surface area contributed by atoms with Crippen LogP contribution in [0.25, 0.3) is 0 Å². The number of nitrogens with zero attached hydrogens (tertiary/aromatic N) is 5. The van der Waals surface area contributed by atoms with E-state index in [0.717, 1.165) is 12.1 Å². The van der Waals surface area contributed by atoms with Crippen molar-refractivity contribution in [1.82, 2.24) is 14.9 Å². The lowest BCUT2D eigenvalue weighted by atomic mass is 10.1. The molecule has 0 radical (unpaired) electrons. The van der Waals surface area contributed by atoms with Gasteiger partial charge in [0.05, 0.1) is 0 Å². The lowest BCUT2D eigenvalue weighted by Gasteiger charge is -2.34. The molecule has 128 valence electrons. The summed E-state index contributed by atoms with van der Waals surface area (Å²) in [4.78, 5) is 24.4. The fourth-order valence-corrected chi connectivity index (χ4v) is 2.67. The van der Waals surface area contributed by atoms with Crippen LogP contribution in [-0.2, 0) is 0 Å². The van der Waals surface area contributed by atoms with E-state index in [1.54, 1.807) is 17.9 Å². The highest BCUT2D eigenvalue weighted by Crippen LogP contribution is 2.16. The van der Waals surface area contributed by atoms with Crippen molar-refractivity contribution in [1.29, 1.82) is 5.26 Å². The number of aryl methyl sites for hydroxylation is 1. The van der Waals surface area contributed by atoms with E-state index in [9.17, 15) is 13.6 Å². The largest absolute Gasteiger partial charge is 0.337 e. The van der Waals surface area contributed by atoms with Crippen LogP contribution in [0.1, 0.15) is 21.7 Å². The summed E-state index contributed by atoms with van der Waals surface area (Å²) in [6, 6.07) is 6.73. The Morgan fingerprint density at radius 1 is 1.12 bits per heavy atom. The monoisotopic (exact) mass is 343 g/mol. The number of benzene rings is 1. The summed E-state index contributed by atoms with van der Waals surface area (Å²) in [7, 11) is 0. The van der Waals surface area contributed by atoms with Gasteiger partial charge in [-0.05, 0) is 31.2 Å². The number of anilines is 1. The van der Waals surface area contributed by atoms with E-state index in [1.807, 2.05) is 11.0 Å². The number of nitriles is 1. The van der Waals surface area contributed by atoms with Crippen LogP contribution < -0.4 is 4.90 Å². The summed E-state index contributed by atoms with van der Waals surface area (Å²) in [5.74, 6) is -1.91. The average molecular weight is 343 g/mol. The van der Waals surface area contributed by atoms with Gasteiger partial charge in [-0.25, -0.2) is 18.7 Å². The van der Waals surface area contributed by atoms with E-state index in [2.05, 4.69) is 9.97 Å². The number of piperazine rings is 1. The van der Waals surface area contributed by atoms with Gasteiger partial charge in [-0.1, -0.05) is 0 Å². The molecule has 2 aromatic rings. The van der Waals surface area contributed by atoms with Crippen LogP contribution >= 0.6 is 0 Å². The molecule has 0 bridgehead atoms. The van der Waals surface area contributed by atoms with E-state index in [-0.39, 0.29) is 11.5 Å². The molecular formula is C17H15F2N5O. The first kappa shape index (κ1) is 16.8. The standard InChI is InChI=1S/C17H15F2N5O/c1-11-8-13(10-20)22-17(21-11)24-6-4-23(5-7-24)16(25)12-2-3-14(18)15(19)9-12/h2-3,8-9H,4-7H2,1H3. The summed E-state index contributed by atoms with van der Waals surface area (Å²) in [5.41, 5.74) is 1.11. The van der Waals surface area contributed by atoms with Crippen LogP contribution in [0.4, 0.5) is 14.7 Å². The normalized spacial score (nSPS) is 14.3. The van der Waals surface area contributed by atoms with Crippen molar-refractivity contribution < 1.29 is 13.6 Å². The van der Waals surface area contributed by atoms with Crippen molar-refractivity contribution in [3.63, 3.8) is 0 Å². The van der Waals surface area contributed by atoms with Gasteiger partial charge in [-0.2, -0.15) is 5.26 Å². The van der Waals surface area contributed by atoms with Crippen molar-refractivity contribution in [2.24, 2.45) is 0 Å². The second-order valence-electron chi connectivity index (χ2n) is 5.71. The van der Waals surface area contributed by atoms with Crippen LogP contribution in [0.3, 0.4) is 0 Å². The van der Waals surface area contributed by atoms with Crippen LogP contribution in [0, 0.1) is 29.9 Å². The SMILES string of the molecule is Cc1cc(C#N)nc(N2CCN(C(=O)c3ccc(F)c(F)c3)CC2)n1. The Morgan fingerprint density at radius 2 is 1.84 bits per heavy atom. The first-order valence-electron chi connectivity index (χ1n) is 7.73. The van der Waals surface area contributed by atoms with Gasteiger partial charge in [-0.15, -0.1) is 0 Å². The zero-order valence-electron chi connectivity index (χ0n) is 13.5. The van der Waals surface area contributed by atoms with Crippen LogP contribution in [-0.4, -0.2) is 47.0 Å². The molecule has 8 heteroatoms. The van der Waals surface area contributed by atoms with Crippen molar-refractivity contribution >= 4 is 11.9 Å². The molecule has 2 heterocycles. The Bertz CT molecular complexity index is 857. The minimum atomic E-state index is -1.04. The minimum Gasteiger partial charge on any atom is -0.337 e. The van der Waals surface area contributed by atoms with Crippen molar-refractivity contribution in [2.75, 3.05) is 31.1 Å². The predicted molar refractivity (Wildman–Crippen MR) is 86.0 cm³/mol. The van der Waals surface area contributed by atoms with Gasteiger partial charge in [0, 0.05) is 37.4 Å². The first-order chi connectivity index (χ1) is 12.0. The Hall–Kier alpha value is -3.08. The van der Waals surface area contributed by atoms with E-state index < -0.39 is 11.6 Å². The summed E-state index contributed by atoms with van der Waals surface area (Å²) < 4.78 is 26.3. The molecule has 0 N–H and O–H groups in total. The second-order valence-corrected chi connectivity index (χ2v) is 5.71. The van der Waals surface area contributed by atoms with Gasteiger partial charge in [0.1, 0.15) is 11.8 Å². The van der Waals surface area contributed by atoms with E-state index >= 15 is 0 Å². The van der Waals surface area contributed by atoms with Gasteiger partial charge in [0.2, 0.25) is 5.95 Å². The highest BCUT2D eigenvalue weighted by molar-refractivity contribution is 5.94. The fraction of sp³-hybridized carbons (Fsp3) is 0.294. The number of hydrogen-bond acceptors (Lipinski definition) is 5. The number of amides is 1. The molecule has 1 aromatic carbocycles. The minimum absolute atomic E-state index is 0.117. The quantitative estimate of drug-likeness (QED) is 0.833. The molecule has 1 aromatic heterocycles. The van der Waals surface area contributed by atoms with Crippen LogP contribution in [0.5, 0.6) is 0 Å². The fourth-order valence-electron chi connectivity index (χ4n) is 2.67. The molecular weight excluding hydrogens is 328 g/mol. The summed E-state index contributed by atoms with van der Waals surface area (Å²) in [6.45, 7) is 3.57. The number of carbonyl (C=O) groups excluding carboxylic acids is 1. The molecule has 0 unspecified atom stereocenters. The maximum atomic E-state index is 13.3. The van der Waals surface area contributed by atoms with Crippen molar-refractivity contribution in [2.45, 2.75) is 6.92 Å². The molecule has 0 atom stereocenters. The van der Waals surface area contributed by atoms with Gasteiger partial charge >= 0.3 is 0 Å². The lowest BCUT2D eigenvalue weighted by molar-refractivity contribution is 0.0745. The molecule has 1 amide bonds. The Kier molecular flexibility index (Phi) is 4.57. The Balaban J connectivity index is 1.69. The number of rotatable bonds is 2.